The van der Waals surface area contributed by atoms with Crippen molar-refractivity contribution in [3.8, 4) is 5.75 Å². The number of nitrogens with one attached hydrogen (secondary N) is 1. The molecule has 0 aromatic heterocycles. The van der Waals surface area contributed by atoms with Crippen molar-refractivity contribution in [1.29, 1.82) is 0 Å². The van der Waals surface area contributed by atoms with Crippen LogP contribution in [-0.4, -0.2) is 15.5 Å². The van der Waals surface area contributed by atoms with E-state index < -0.39 is 10.0 Å². The van der Waals surface area contributed by atoms with E-state index in [1.807, 2.05) is 19.9 Å². The predicted octanol–water partition coefficient (Wildman–Crippen LogP) is 3.95. The molecule has 0 aliphatic rings. The van der Waals surface area contributed by atoms with Gasteiger partial charge in [0.1, 0.15) is 10.6 Å². The van der Waals surface area contributed by atoms with Gasteiger partial charge in [0.15, 0.2) is 0 Å². The minimum Gasteiger partial charge on any atom is -0.495 e. The molecule has 1 N–H and O–H groups in total. The Labute approximate surface area is 142 Å². The van der Waals surface area contributed by atoms with Crippen LogP contribution in [0.25, 0.3) is 0 Å². The molecule has 0 radical (unpaired) electrons. The Hall–Kier alpha value is -1.56. The van der Waals surface area contributed by atoms with Crippen molar-refractivity contribution in [1.82, 2.24) is 4.72 Å². The second kappa shape index (κ2) is 7.34. The lowest BCUT2D eigenvalue weighted by atomic mass is 10.0. The molecular weight excluding hydrogens is 334 g/mol. The molecule has 0 amide bonds. The lowest BCUT2D eigenvalue weighted by Gasteiger charge is -2.14. The first-order chi connectivity index (χ1) is 10.8. The van der Waals surface area contributed by atoms with Crippen LogP contribution < -0.4 is 9.46 Å². The van der Waals surface area contributed by atoms with E-state index >= 15 is 0 Å². The zero-order valence-electron chi connectivity index (χ0n) is 13.3. The van der Waals surface area contributed by atoms with Crippen LogP contribution in [0.2, 0.25) is 5.02 Å². The fraction of sp³-hybridized carbons (Fsp3) is 0.294. The molecule has 0 saturated carbocycles. The number of halogens is 1. The quantitative estimate of drug-likeness (QED) is 0.855. The van der Waals surface area contributed by atoms with Crippen LogP contribution >= 0.6 is 11.6 Å². The Kier molecular flexibility index (Phi) is 5.68. The first-order valence-corrected chi connectivity index (χ1v) is 9.11. The summed E-state index contributed by atoms with van der Waals surface area (Å²) in [5.74, 6) is 0.559. The van der Waals surface area contributed by atoms with Gasteiger partial charge in [0.2, 0.25) is 10.0 Å². The smallest absolute Gasteiger partial charge is 0.244 e. The molecule has 0 bridgehead atoms. The van der Waals surface area contributed by atoms with Crippen molar-refractivity contribution in [2.45, 2.75) is 31.2 Å². The van der Waals surface area contributed by atoms with Gasteiger partial charge in [-0.15, -0.1) is 0 Å². The molecule has 0 fully saturated rings. The van der Waals surface area contributed by atoms with Crippen LogP contribution in [0.3, 0.4) is 0 Å². The van der Waals surface area contributed by atoms with Crippen LogP contribution in [0, 0.1) is 0 Å². The molecule has 0 aliphatic heterocycles. The fourth-order valence-electron chi connectivity index (χ4n) is 2.12. The average molecular weight is 354 g/mol. The lowest BCUT2D eigenvalue weighted by molar-refractivity contribution is 0.402. The van der Waals surface area contributed by atoms with Crippen LogP contribution in [0.5, 0.6) is 5.75 Å². The number of hydrogen-bond acceptors (Lipinski definition) is 3. The van der Waals surface area contributed by atoms with Gasteiger partial charge >= 0.3 is 0 Å². The molecule has 2 aromatic carbocycles. The molecule has 6 heteroatoms. The molecule has 0 heterocycles. The van der Waals surface area contributed by atoms with Crippen molar-refractivity contribution < 1.29 is 13.2 Å². The van der Waals surface area contributed by atoms with Gasteiger partial charge in [-0.3, -0.25) is 0 Å². The standard InChI is InChI=1S/C17H20ClNO3S/c1-12(2)14-6-9-16(22-3)17(10-14)23(20,21)19-11-13-4-7-15(18)8-5-13/h4-10,12,19H,11H2,1-3H3. The predicted molar refractivity (Wildman–Crippen MR) is 92.6 cm³/mol. The van der Waals surface area contributed by atoms with E-state index in [0.29, 0.717) is 10.8 Å². The summed E-state index contributed by atoms with van der Waals surface area (Å²) in [6, 6.07) is 12.2. The van der Waals surface area contributed by atoms with Gasteiger partial charge in [0.05, 0.1) is 7.11 Å². The van der Waals surface area contributed by atoms with E-state index in [2.05, 4.69) is 4.72 Å². The second-order valence-corrected chi connectivity index (χ2v) is 7.69. The van der Waals surface area contributed by atoms with E-state index in [4.69, 9.17) is 16.3 Å². The van der Waals surface area contributed by atoms with E-state index in [9.17, 15) is 8.42 Å². The highest BCUT2D eigenvalue weighted by molar-refractivity contribution is 7.89. The van der Waals surface area contributed by atoms with Gasteiger partial charge in [-0.1, -0.05) is 43.6 Å². The molecule has 2 rings (SSSR count). The zero-order chi connectivity index (χ0) is 17.0. The number of ether oxygens (including phenoxy) is 1. The molecule has 0 spiro atoms. The van der Waals surface area contributed by atoms with Gasteiger partial charge in [0, 0.05) is 11.6 Å². The Morgan fingerprint density at radius 1 is 1.13 bits per heavy atom. The van der Waals surface area contributed by atoms with E-state index in [1.54, 1.807) is 36.4 Å². The Bertz CT molecular complexity index is 771. The zero-order valence-corrected chi connectivity index (χ0v) is 14.9. The second-order valence-electron chi connectivity index (χ2n) is 5.52. The minimum atomic E-state index is -3.68. The first-order valence-electron chi connectivity index (χ1n) is 7.25. The molecule has 124 valence electrons. The third-order valence-corrected chi connectivity index (χ3v) is 5.20. The monoisotopic (exact) mass is 353 g/mol. The van der Waals surface area contributed by atoms with Gasteiger partial charge < -0.3 is 4.74 Å². The van der Waals surface area contributed by atoms with Crippen LogP contribution in [-0.2, 0) is 16.6 Å². The SMILES string of the molecule is COc1ccc(C(C)C)cc1S(=O)(=O)NCc1ccc(Cl)cc1. The third kappa shape index (κ3) is 4.47. The molecule has 0 aliphatic carbocycles. The summed E-state index contributed by atoms with van der Waals surface area (Å²) >= 11 is 5.83. The van der Waals surface area contributed by atoms with Crippen molar-refractivity contribution >= 4 is 21.6 Å². The molecule has 0 atom stereocenters. The highest BCUT2D eigenvalue weighted by atomic mass is 35.5. The van der Waals surface area contributed by atoms with Crippen LogP contribution in [0.4, 0.5) is 0 Å². The fourth-order valence-corrected chi connectivity index (χ4v) is 3.47. The number of methoxy groups -OCH3 is 1. The highest BCUT2D eigenvalue weighted by Crippen LogP contribution is 2.28. The van der Waals surface area contributed by atoms with Crippen molar-refractivity contribution in [3.05, 3.63) is 58.6 Å². The Morgan fingerprint density at radius 3 is 2.35 bits per heavy atom. The summed E-state index contributed by atoms with van der Waals surface area (Å²) in [6.07, 6.45) is 0. The molecular formula is C17H20ClNO3S. The summed E-state index contributed by atoms with van der Waals surface area (Å²) in [7, 11) is -2.21. The summed E-state index contributed by atoms with van der Waals surface area (Å²) < 4.78 is 33.0. The highest BCUT2D eigenvalue weighted by Gasteiger charge is 2.20. The topological polar surface area (TPSA) is 55.4 Å². The van der Waals surface area contributed by atoms with Crippen LogP contribution in [0.1, 0.15) is 30.9 Å². The Morgan fingerprint density at radius 2 is 1.78 bits per heavy atom. The van der Waals surface area contributed by atoms with Crippen molar-refractivity contribution in [2.75, 3.05) is 7.11 Å². The van der Waals surface area contributed by atoms with Gasteiger partial charge in [0.25, 0.3) is 0 Å². The van der Waals surface area contributed by atoms with Gasteiger partial charge in [-0.2, -0.15) is 0 Å². The first kappa shape index (κ1) is 17.8. The summed E-state index contributed by atoms with van der Waals surface area (Å²) in [5.41, 5.74) is 1.77. The molecule has 4 nitrogen and oxygen atoms in total. The normalized spacial score (nSPS) is 11.7. The molecule has 23 heavy (non-hydrogen) atoms. The number of rotatable bonds is 6. The Balaban J connectivity index is 2.27. The summed E-state index contributed by atoms with van der Waals surface area (Å²) in [5, 5.41) is 0.614. The van der Waals surface area contributed by atoms with Crippen molar-refractivity contribution in [3.63, 3.8) is 0 Å². The number of hydrogen-bond donors (Lipinski definition) is 1. The third-order valence-electron chi connectivity index (χ3n) is 3.52. The maximum atomic E-state index is 12.6. The molecule has 2 aromatic rings. The number of benzene rings is 2. The maximum absolute atomic E-state index is 12.6. The summed E-state index contributed by atoms with van der Waals surface area (Å²) in [4.78, 5) is 0.153. The van der Waals surface area contributed by atoms with Crippen LogP contribution in [0.15, 0.2) is 47.4 Å². The maximum Gasteiger partial charge on any atom is 0.244 e. The van der Waals surface area contributed by atoms with Crippen molar-refractivity contribution in [2.24, 2.45) is 0 Å². The lowest BCUT2D eigenvalue weighted by Crippen LogP contribution is -2.24. The minimum absolute atomic E-state index is 0.153. The van der Waals surface area contributed by atoms with E-state index in [1.165, 1.54) is 7.11 Å². The van der Waals surface area contributed by atoms with E-state index in [-0.39, 0.29) is 17.4 Å². The van der Waals surface area contributed by atoms with E-state index in [0.717, 1.165) is 11.1 Å². The average Bonchev–Trinajstić information content (AvgIpc) is 2.53. The number of sulfonamides is 1. The molecule has 0 unspecified atom stereocenters. The van der Waals surface area contributed by atoms with Gasteiger partial charge in [-0.25, -0.2) is 13.1 Å². The largest absolute Gasteiger partial charge is 0.495 e. The molecule has 0 saturated heterocycles. The summed E-state index contributed by atoms with van der Waals surface area (Å²) in [6.45, 7) is 4.22. The van der Waals surface area contributed by atoms with Gasteiger partial charge in [-0.05, 0) is 41.3 Å².